The lowest BCUT2D eigenvalue weighted by molar-refractivity contribution is -0.125. The van der Waals surface area contributed by atoms with Crippen molar-refractivity contribution in [1.29, 1.82) is 0 Å². The molecule has 0 aliphatic carbocycles. The number of likely N-dealkylation sites (tertiary alicyclic amines) is 1. The van der Waals surface area contributed by atoms with Gasteiger partial charge in [0.2, 0.25) is 11.9 Å². The first-order valence-electron chi connectivity index (χ1n) is 13.4. The van der Waals surface area contributed by atoms with E-state index in [9.17, 15) is 4.79 Å². The van der Waals surface area contributed by atoms with E-state index >= 15 is 4.39 Å². The third-order valence-electron chi connectivity index (χ3n) is 7.54. The van der Waals surface area contributed by atoms with Gasteiger partial charge in [0.25, 0.3) is 0 Å². The van der Waals surface area contributed by atoms with Crippen LogP contribution in [0.4, 0.5) is 21.8 Å². The zero-order valence-electron chi connectivity index (χ0n) is 23.4. The topological polar surface area (TPSA) is 127 Å². The van der Waals surface area contributed by atoms with E-state index in [0.717, 1.165) is 0 Å². The number of pyridine rings is 1. The molecule has 0 spiro atoms. The van der Waals surface area contributed by atoms with Gasteiger partial charge >= 0.3 is 0 Å². The van der Waals surface area contributed by atoms with Crippen molar-refractivity contribution in [3.8, 4) is 11.5 Å². The predicted molar refractivity (Wildman–Crippen MR) is 155 cm³/mol. The van der Waals surface area contributed by atoms with Crippen molar-refractivity contribution in [1.82, 2.24) is 39.4 Å². The number of anilines is 3. The highest BCUT2D eigenvalue weighted by molar-refractivity contribution is 5.88. The minimum Gasteiger partial charge on any atom is -0.457 e. The maximum atomic E-state index is 15.6. The van der Waals surface area contributed by atoms with Crippen LogP contribution in [-0.4, -0.2) is 72.0 Å². The number of fused-ring (bicyclic) bond motifs is 2. The molecular weight excluding hydrogens is 539 g/mol. The summed E-state index contributed by atoms with van der Waals surface area (Å²) < 4.78 is 23.1. The molecule has 5 aromatic rings. The molecule has 13 heteroatoms. The Morgan fingerprint density at radius 1 is 1.21 bits per heavy atom. The van der Waals surface area contributed by atoms with Gasteiger partial charge in [-0.2, -0.15) is 5.10 Å². The SMILES string of the molecule is C=CC(=O)N1C[C@@H](CN(C)c2ncc3ncnc(Nc4ccc(Oc5ccn6ncnc6c5)c(C)c4F)c3n2)[C@@H](C)C1. The van der Waals surface area contributed by atoms with Gasteiger partial charge in [-0.25, -0.2) is 33.8 Å². The Bertz CT molecular complexity index is 1810. The zero-order valence-corrected chi connectivity index (χ0v) is 23.4. The van der Waals surface area contributed by atoms with E-state index in [1.807, 2.05) is 16.8 Å². The van der Waals surface area contributed by atoms with Crippen LogP contribution in [0.25, 0.3) is 16.7 Å². The van der Waals surface area contributed by atoms with E-state index in [1.54, 1.807) is 48.1 Å². The average Bonchev–Trinajstić information content (AvgIpc) is 3.62. The molecule has 0 bridgehead atoms. The highest BCUT2D eigenvalue weighted by Crippen LogP contribution is 2.33. The monoisotopic (exact) mass is 568 g/mol. The maximum Gasteiger partial charge on any atom is 0.245 e. The smallest absolute Gasteiger partial charge is 0.245 e. The molecule has 42 heavy (non-hydrogen) atoms. The first-order valence-corrected chi connectivity index (χ1v) is 13.4. The molecule has 1 saturated heterocycles. The van der Waals surface area contributed by atoms with Crippen LogP contribution in [0, 0.1) is 24.6 Å². The average molecular weight is 569 g/mol. The number of carbonyl (C=O) groups excluding carboxylic acids is 1. The van der Waals surface area contributed by atoms with E-state index in [1.165, 1.54) is 18.7 Å². The molecule has 2 atom stereocenters. The number of nitrogens with zero attached hydrogens (tertiary/aromatic N) is 9. The number of benzene rings is 1. The summed E-state index contributed by atoms with van der Waals surface area (Å²) in [5.41, 5.74) is 2.13. The number of rotatable bonds is 8. The second-order valence-corrected chi connectivity index (χ2v) is 10.4. The van der Waals surface area contributed by atoms with E-state index < -0.39 is 5.82 Å². The maximum absolute atomic E-state index is 15.6. The third-order valence-corrected chi connectivity index (χ3v) is 7.54. The number of halogens is 1. The van der Waals surface area contributed by atoms with Crippen molar-refractivity contribution in [2.75, 3.05) is 36.9 Å². The molecule has 6 rings (SSSR count). The molecule has 0 unspecified atom stereocenters. The number of aromatic nitrogens is 7. The fourth-order valence-electron chi connectivity index (χ4n) is 5.12. The van der Waals surface area contributed by atoms with Crippen molar-refractivity contribution >= 4 is 40.0 Å². The molecule has 1 fully saturated rings. The lowest BCUT2D eigenvalue weighted by atomic mass is 9.98. The highest BCUT2D eigenvalue weighted by atomic mass is 19.1. The Morgan fingerprint density at radius 2 is 2.07 bits per heavy atom. The molecule has 1 aliphatic heterocycles. The number of hydrogen-bond acceptors (Lipinski definition) is 10. The van der Waals surface area contributed by atoms with Gasteiger partial charge in [-0.3, -0.25) is 4.79 Å². The molecule has 1 aliphatic rings. The number of nitrogens with one attached hydrogen (secondary N) is 1. The van der Waals surface area contributed by atoms with Gasteiger partial charge in [0, 0.05) is 44.5 Å². The quantitative estimate of drug-likeness (QED) is 0.273. The Kier molecular flexibility index (Phi) is 7.07. The van der Waals surface area contributed by atoms with Gasteiger partial charge in [0.05, 0.1) is 11.9 Å². The van der Waals surface area contributed by atoms with Crippen LogP contribution in [0.3, 0.4) is 0 Å². The molecule has 5 heterocycles. The summed E-state index contributed by atoms with van der Waals surface area (Å²) in [6, 6.07) is 6.74. The molecule has 1 amide bonds. The lowest BCUT2D eigenvalue weighted by Crippen LogP contribution is -2.32. The van der Waals surface area contributed by atoms with Crippen molar-refractivity contribution in [3.63, 3.8) is 0 Å². The van der Waals surface area contributed by atoms with Gasteiger partial charge in [-0.1, -0.05) is 13.5 Å². The van der Waals surface area contributed by atoms with E-state index in [2.05, 4.69) is 43.9 Å². The Labute approximate surface area is 240 Å². The first kappa shape index (κ1) is 27.0. The van der Waals surface area contributed by atoms with Gasteiger partial charge in [-0.05, 0) is 43.0 Å². The predicted octanol–water partition coefficient (Wildman–Crippen LogP) is 4.16. The minimum absolute atomic E-state index is 0.0581. The summed E-state index contributed by atoms with van der Waals surface area (Å²) in [7, 11) is 1.91. The van der Waals surface area contributed by atoms with Crippen LogP contribution in [-0.2, 0) is 4.79 Å². The summed E-state index contributed by atoms with van der Waals surface area (Å²) in [5.74, 6) is 1.74. The number of ether oxygens (including phenoxy) is 1. The lowest BCUT2D eigenvalue weighted by Gasteiger charge is -2.23. The van der Waals surface area contributed by atoms with Crippen LogP contribution in [0.5, 0.6) is 11.5 Å². The second-order valence-electron chi connectivity index (χ2n) is 10.4. The van der Waals surface area contributed by atoms with Crippen molar-refractivity contribution < 1.29 is 13.9 Å². The second kappa shape index (κ2) is 11.0. The highest BCUT2D eigenvalue weighted by Gasteiger charge is 2.32. The zero-order chi connectivity index (χ0) is 29.4. The summed E-state index contributed by atoms with van der Waals surface area (Å²) >= 11 is 0. The van der Waals surface area contributed by atoms with Crippen molar-refractivity contribution in [2.45, 2.75) is 13.8 Å². The molecular formula is C29H29FN10O2. The molecule has 0 saturated carbocycles. The number of carbonyl (C=O) groups is 1. The Balaban J connectivity index is 1.22. The van der Waals surface area contributed by atoms with Crippen LogP contribution >= 0.6 is 0 Å². The molecule has 0 radical (unpaired) electrons. The fourth-order valence-corrected chi connectivity index (χ4v) is 5.12. The standard InChI is InChI=1S/C29H29FN10O2/c1-5-25(41)39-12-17(2)19(14-39)13-38(4)29-31-11-22-27(37-29)28(34-15-32-22)36-21-6-7-23(18(3)26(21)30)42-20-8-9-40-24(10-20)33-16-35-40/h5-11,15-17,19H,1,12-14H2,2-4H3,(H,32,34,36)/t17-,19+/m0/s1. The molecule has 12 nitrogen and oxygen atoms in total. The van der Waals surface area contributed by atoms with E-state index in [0.29, 0.717) is 71.1 Å². The largest absolute Gasteiger partial charge is 0.457 e. The minimum atomic E-state index is -0.483. The Morgan fingerprint density at radius 3 is 2.90 bits per heavy atom. The van der Waals surface area contributed by atoms with Crippen LogP contribution in [0.1, 0.15) is 12.5 Å². The van der Waals surface area contributed by atoms with Crippen LogP contribution in [0.2, 0.25) is 0 Å². The fraction of sp³-hybridized carbons (Fsp3) is 0.276. The van der Waals surface area contributed by atoms with Crippen molar-refractivity contribution in [2.24, 2.45) is 11.8 Å². The summed E-state index contributed by atoms with van der Waals surface area (Å²) in [4.78, 5) is 37.8. The molecule has 214 valence electrons. The molecule has 1 N–H and O–H groups in total. The van der Waals surface area contributed by atoms with Gasteiger partial charge in [0.15, 0.2) is 17.3 Å². The summed E-state index contributed by atoms with van der Waals surface area (Å²) in [6.45, 7) is 9.37. The van der Waals surface area contributed by atoms with E-state index in [-0.39, 0.29) is 17.5 Å². The molecule has 1 aromatic carbocycles. The van der Waals surface area contributed by atoms with Gasteiger partial charge in [-0.15, -0.1) is 0 Å². The summed E-state index contributed by atoms with van der Waals surface area (Å²) in [5, 5.41) is 7.14. The van der Waals surface area contributed by atoms with E-state index in [4.69, 9.17) is 9.72 Å². The van der Waals surface area contributed by atoms with Gasteiger partial charge in [0.1, 0.15) is 35.2 Å². The number of amides is 1. The van der Waals surface area contributed by atoms with Gasteiger partial charge < -0.3 is 19.9 Å². The number of hydrogen-bond donors (Lipinski definition) is 1. The normalized spacial score (nSPS) is 16.6. The van der Waals surface area contributed by atoms with Crippen LogP contribution < -0.4 is 15.0 Å². The molecule has 4 aromatic heterocycles. The summed E-state index contributed by atoms with van der Waals surface area (Å²) in [6.07, 6.45) is 7.53. The third kappa shape index (κ3) is 5.16. The first-order chi connectivity index (χ1) is 20.3. The van der Waals surface area contributed by atoms with Crippen LogP contribution in [0.15, 0.2) is 62.0 Å². The van der Waals surface area contributed by atoms with Crippen molar-refractivity contribution in [3.05, 3.63) is 73.3 Å². The Hall–Kier alpha value is -5.20.